The molecular weight excluding hydrogens is 422 g/mol. The predicted molar refractivity (Wildman–Crippen MR) is 135 cm³/mol. The van der Waals surface area contributed by atoms with Gasteiger partial charge in [0.05, 0.1) is 0 Å². The van der Waals surface area contributed by atoms with Gasteiger partial charge in [0, 0.05) is 50.9 Å². The van der Waals surface area contributed by atoms with Crippen molar-refractivity contribution in [3.63, 3.8) is 0 Å². The van der Waals surface area contributed by atoms with Gasteiger partial charge in [-0.15, -0.1) is 0 Å². The van der Waals surface area contributed by atoms with Crippen molar-refractivity contribution in [2.45, 2.75) is 51.6 Å². The third kappa shape index (κ3) is 4.57. The van der Waals surface area contributed by atoms with Crippen LogP contribution in [-0.2, 0) is 17.9 Å². The maximum atomic E-state index is 13.2. The van der Waals surface area contributed by atoms with Crippen LogP contribution in [-0.4, -0.2) is 37.9 Å². The fourth-order valence-electron chi connectivity index (χ4n) is 6.99. The number of amides is 2. The zero-order valence-corrected chi connectivity index (χ0v) is 20.7. The second kappa shape index (κ2) is 9.09. The van der Waals surface area contributed by atoms with E-state index in [1.54, 1.807) is 4.90 Å². The minimum Gasteiger partial charge on any atom is -0.378 e. The summed E-state index contributed by atoms with van der Waals surface area (Å²) in [4.78, 5) is 29.9. The number of nitrogens with zero attached hydrogens (tertiary/aromatic N) is 2. The molecule has 0 spiro atoms. The van der Waals surface area contributed by atoms with E-state index in [1.165, 1.54) is 19.3 Å². The normalized spacial score (nSPS) is 26.9. The van der Waals surface area contributed by atoms with Crippen LogP contribution in [0.15, 0.2) is 48.5 Å². The third-order valence-electron chi connectivity index (χ3n) is 8.39. The van der Waals surface area contributed by atoms with E-state index >= 15 is 0 Å². The number of anilines is 1. The van der Waals surface area contributed by atoms with E-state index in [2.05, 4.69) is 34.5 Å². The average molecular weight is 460 g/mol. The van der Waals surface area contributed by atoms with Gasteiger partial charge in [-0.05, 0) is 91.7 Å². The molecule has 6 rings (SSSR count). The lowest BCUT2D eigenvalue weighted by atomic mass is 9.49. The molecule has 0 saturated heterocycles. The van der Waals surface area contributed by atoms with Crippen molar-refractivity contribution < 1.29 is 9.59 Å². The van der Waals surface area contributed by atoms with Gasteiger partial charge in [-0.2, -0.15) is 0 Å². The summed E-state index contributed by atoms with van der Waals surface area (Å²) in [6.45, 7) is 1.10. The van der Waals surface area contributed by atoms with Crippen molar-refractivity contribution in [3.8, 4) is 0 Å². The topological polar surface area (TPSA) is 52.6 Å². The number of hydrogen-bond donors (Lipinski definition) is 1. The highest BCUT2D eigenvalue weighted by atomic mass is 16.2. The molecule has 2 amide bonds. The first-order chi connectivity index (χ1) is 16.3. The largest absolute Gasteiger partial charge is 0.378 e. The molecule has 1 N–H and O–H groups in total. The van der Waals surface area contributed by atoms with Gasteiger partial charge in [-0.1, -0.05) is 24.3 Å². The van der Waals surface area contributed by atoms with Crippen LogP contribution in [0.1, 0.15) is 60.0 Å². The van der Waals surface area contributed by atoms with Gasteiger partial charge in [0.1, 0.15) is 0 Å². The zero-order valence-electron chi connectivity index (χ0n) is 20.7. The summed E-state index contributed by atoms with van der Waals surface area (Å²) >= 11 is 0. The molecule has 4 fully saturated rings. The van der Waals surface area contributed by atoms with Crippen LogP contribution in [0.3, 0.4) is 0 Å². The number of rotatable bonds is 7. The Hall–Kier alpha value is -2.82. The van der Waals surface area contributed by atoms with Gasteiger partial charge in [0.15, 0.2) is 0 Å². The summed E-state index contributed by atoms with van der Waals surface area (Å²) in [6.07, 6.45) is 7.29. The Morgan fingerprint density at radius 3 is 1.88 bits per heavy atom. The van der Waals surface area contributed by atoms with E-state index in [1.807, 2.05) is 45.4 Å². The molecule has 4 aliphatic rings. The van der Waals surface area contributed by atoms with E-state index < -0.39 is 0 Å². The minimum absolute atomic E-state index is 0.000777. The second-order valence-corrected chi connectivity index (χ2v) is 11.3. The van der Waals surface area contributed by atoms with Gasteiger partial charge in [-0.25, -0.2) is 0 Å². The quantitative estimate of drug-likeness (QED) is 0.644. The van der Waals surface area contributed by atoms with E-state index in [4.69, 9.17) is 0 Å². The molecule has 0 atom stereocenters. The summed E-state index contributed by atoms with van der Waals surface area (Å²) in [5, 5.41) is 3.23. The predicted octanol–water partition coefficient (Wildman–Crippen LogP) is 4.86. The van der Waals surface area contributed by atoms with Gasteiger partial charge >= 0.3 is 0 Å². The number of hydrogen-bond acceptors (Lipinski definition) is 3. The SMILES string of the molecule is CN(Cc1ccc(N(C)C)cc1)C(=O)c1ccc(CNC(=O)C23CC4CC(CC(C4)C2)C3)cc1. The Labute approximate surface area is 203 Å². The highest BCUT2D eigenvalue weighted by Gasteiger charge is 2.54. The maximum Gasteiger partial charge on any atom is 0.253 e. The Morgan fingerprint density at radius 2 is 1.35 bits per heavy atom. The van der Waals surface area contributed by atoms with Gasteiger partial charge in [0.25, 0.3) is 5.91 Å². The molecule has 4 aliphatic carbocycles. The summed E-state index contributed by atoms with van der Waals surface area (Å²) in [5.74, 6) is 2.56. The summed E-state index contributed by atoms with van der Waals surface area (Å²) < 4.78 is 0. The van der Waals surface area contributed by atoms with E-state index in [9.17, 15) is 9.59 Å². The first-order valence-corrected chi connectivity index (χ1v) is 12.7. The molecular formula is C29H37N3O2. The van der Waals surface area contributed by atoms with Crippen LogP contribution in [0.25, 0.3) is 0 Å². The minimum atomic E-state index is -0.113. The average Bonchev–Trinajstić information content (AvgIpc) is 2.82. The summed E-state index contributed by atoms with van der Waals surface area (Å²) in [7, 11) is 5.87. The van der Waals surface area contributed by atoms with Gasteiger partial charge < -0.3 is 15.1 Å². The smallest absolute Gasteiger partial charge is 0.253 e. The standard InChI is InChI=1S/C29H37N3O2/c1-31(2)26-10-6-21(7-11-26)19-32(3)27(33)25-8-4-20(5-9-25)18-30-28(34)29-15-22-12-23(16-29)14-24(13-22)17-29/h4-11,22-24H,12-19H2,1-3H3,(H,30,34). The van der Waals surface area contributed by atoms with Gasteiger partial charge in [-0.3, -0.25) is 9.59 Å². The maximum absolute atomic E-state index is 13.2. The van der Waals surface area contributed by atoms with Crippen molar-refractivity contribution in [2.75, 3.05) is 26.0 Å². The Kier molecular flexibility index (Phi) is 6.13. The highest BCUT2D eigenvalue weighted by molar-refractivity contribution is 5.94. The fourth-order valence-corrected chi connectivity index (χ4v) is 6.99. The van der Waals surface area contributed by atoms with Crippen molar-refractivity contribution in [3.05, 3.63) is 65.2 Å². The Bertz CT molecular complexity index is 1010. The van der Waals surface area contributed by atoms with Crippen LogP contribution in [0, 0.1) is 23.2 Å². The van der Waals surface area contributed by atoms with Crippen LogP contribution in [0.5, 0.6) is 0 Å². The summed E-state index contributed by atoms with van der Waals surface area (Å²) in [6, 6.07) is 15.9. The molecule has 0 heterocycles. The number of carbonyl (C=O) groups is 2. The molecule has 2 aromatic rings. The molecule has 180 valence electrons. The van der Waals surface area contributed by atoms with Crippen molar-refractivity contribution >= 4 is 17.5 Å². The number of benzene rings is 2. The lowest BCUT2D eigenvalue weighted by Gasteiger charge is -2.55. The first kappa shape index (κ1) is 22.9. The summed E-state index contributed by atoms with van der Waals surface area (Å²) in [5.41, 5.74) is 3.84. The van der Waals surface area contributed by atoms with Gasteiger partial charge in [0.2, 0.25) is 5.91 Å². The van der Waals surface area contributed by atoms with Crippen LogP contribution < -0.4 is 10.2 Å². The lowest BCUT2D eigenvalue weighted by Crippen LogP contribution is -2.53. The molecule has 5 nitrogen and oxygen atoms in total. The molecule has 0 aliphatic heterocycles. The molecule has 4 saturated carbocycles. The van der Waals surface area contributed by atoms with Crippen LogP contribution in [0.4, 0.5) is 5.69 Å². The second-order valence-electron chi connectivity index (χ2n) is 11.3. The van der Waals surface area contributed by atoms with Crippen molar-refractivity contribution in [2.24, 2.45) is 23.2 Å². The lowest BCUT2D eigenvalue weighted by molar-refractivity contribution is -0.146. The molecule has 4 bridgehead atoms. The van der Waals surface area contributed by atoms with Crippen LogP contribution in [0.2, 0.25) is 0 Å². The highest BCUT2D eigenvalue weighted by Crippen LogP contribution is 2.60. The molecule has 0 aromatic heterocycles. The van der Waals surface area contributed by atoms with E-state index in [0.717, 1.165) is 53.8 Å². The number of nitrogens with one attached hydrogen (secondary N) is 1. The molecule has 5 heteroatoms. The third-order valence-corrected chi connectivity index (χ3v) is 8.39. The molecule has 0 unspecified atom stereocenters. The van der Waals surface area contributed by atoms with E-state index in [0.29, 0.717) is 18.7 Å². The fraction of sp³-hybridized carbons (Fsp3) is 0.517. The van der Waals surface area contributed by atoms with Crippen molar-refractivity contribution in [1.29, 1.82) is 0 Å². The van der Waals surface area contributed by atoms with Crippen LogP contribution >= 0.6 is 0 Å². The monoisotopic (exact) mass is 459 g/mol. The molecule has 2 aromatic carbocycles. The Morgan fingerprint density at radius 1 is 0.824 bits per heavy atom. The zero-order chi connectivity index (χ0) is 23.9. The first-order valence-electron chi connectivity index (χ1n) is 12.7. The van der Waals surface area contributed by atoms with Crippen molar-refractivity contribution in [1.82, 2.24) is 10.2 Å². The Balaban J connectivity index is 1.15. The van der Waals surface area contributed by atoms with E-state index in [-0.39, 0.29) is 17.2 Å². The number of carbonyl (C=O) groups excluding carboxylic acids is 2. The molecule has 34 heavy (non-hydrogen) atoms. The molecule has 0 radical (unpaired) electrons.